The first-order valence-corrected chi connectivity index (χ1v) is 6.67. The van der Waals surface area contributed by atoms with E-state index in [1.54, 1.807) is 6.20 Å². The maximum absolute atomic E-state index is 11.5. The van der Waals surface area contributed by atoms with Crippen molar-refractivity contribution in [2.24, 2.45) is 0 Å². The number of hydrogen-bond acceptors (Lipinski definition) is 6. The van der Waals surface area contributed by atoms with E-state index in [9.17, 15) is 4.79 Å². The molecule has 0 amide bonds. The van der Waals surface area contributed by atoms with E-state index >= 15 is 0 Å². The van der Waals surface area contributed by atoms with Crippen LogP contribution in [0.15, 0.2) is 24.4 Å². The van der Waals surface area contributed by atoms with Crippen LogP contribution in [0, 0.1) is 0 Å². The fourth-order valence-corrected chi connectivity index (χ4v) is 2.63. The molecule has 0 unspecified atom stereocenters. The van der Waals surface area contributed by atoms with Gasteiger partial charge >= 0.3 is 5.97 Å². The van der Waals surface area contributed by atoms with Crippen molar-refractivity contribution < 1.29 is 9.53 Å². The molecule has 0 aliphatic rings. The molecule has 2 heterocycles. The number of carbonyl (C=O) groups excluding carboxylic acids is 1. The Morgan fingerprint density at radius 1 is 1.53 bits per heavy atom. The van der Waals surface area contributed by atoms with Gasteiger partial charge in [0.25, 0.3) is 0 Å². The molecule has 0 spiro atoms. The molecule has 0 radical (unpaired) electrons. The van der Waals surface area contributed by atoms with Crippen LogP contribution in [-0.2, 0) is 11.3 Å². The van der Waals surface area contributed by atoms with Gasteiger partial charge in [0.2, 0.25) is 0 Å². The first kappa shape index (κ1) is 13.8. The number of pyridine rings is 1. The lowest BCUT2D eigenvalue weighted by Crippen LogP contribution is -2.16. The van der Waals surface area contributed by atoms with Crippen molar-refractivity contribution in [3.8, 4) is 0 Å². The molecule has 0 bridgehead atoms. The van der Waals surface area contributed by atoms with Crippen LogP contribution in [0.3, 0.4) is 0 Å². The Morgan fingerprint density at radius 2 is 2.32 bits per heavy atom. The van der Waals surface area contributed by atoms with E-state index in [1.807, 2.05) is 30.1 Å². The highest BCUT2D eigenvalue weighted by Crippen LogP contribution is 2.30. The number of esters is 1. The van der Waals surface area contributed by atoms with Crippen molar-refractivity contribution in [2.45, 2.75) is 6.54 Å². The van der Waals surface area contributed by atoms with Gasteiger partial charge < -0.3 is 9.64 Å². The predicted molar refractivity (Wildman–Crippen MR) is 74.8 cm³/mol. The van der Waals surface area contributed by atoms with Crippen molar-refractivity contribution in [3.63, 3.8) is 0 Å². The van der Waals surface area contributed by atoms with Crippen LogP contribution >= 0.6 is 22.9 Å². The highest BCUT2D eigenvalue weighted by Gasteiger charge is 2.19. The minimum atomic E-state index is -0.472. The quantitative estimate of drug-likeness (QED) is 0.812. The summed E-state index contributed by atoms with van der Waals surface area (Å²) in [4.78, 5) is 22.0. The molecule has 0 aliphatic heterocycles. The van der Waals surface area contributed by atoms with E-state index in [-0.39, 0.29) is 5.15 Å². The van der Waals surface area contributed by atoms with Gasteiger partial charge in [-0.05, 0) is 12.1 Å². The van der Waals surface area contributed by atoms with Gasteiger partial charge in [0.15, 0.2) is 15.2 Å². The highest BCUT2D eigenvalue weighted by molar-refractivity contribution is 7.18. The summed E-state index contributed by atoms with van der Waals surface area (Å²) >= 11 is 7.12. The van der Waals surface area contributed by atoms with Crippen molar-refractivity contribution >= 4 is 34.0 Å². The first-order chi connectivity index (χ1) is 9.11. The summed E-state index contributed by atoms with van der Waals surface area (Å²) in [6.45, 7) is 0.589. The van der Waals surface area contributed by atoms with Crippen molar-refractivity contribution in [1.29, 1.82) is 0 Å². The van der Waals surface area contributed by atoms with Gasteiger partial charge in [-0.25, -0.2) is 9.78 Å². The third kappa shape index (κ3) is 3.21. The Kier molecular flexibility index (Phi) is 4.34. The van der Waals surface area contributed by atoms with Gasteiger partial charge in [0.05, 0.1) is 19.3 Å². The van der Waals surface area contributed by atoms with Crippen molar-refractivity contribution in [2.75, 3.05) is 19.1 Å². The predicted octanol–water partition coefficient (Wildman–Crippen LogP) is 2.61. The van der Waals surface area contributed by atoms with Gasteiger partial charge in [-0.2, -0.15) is 0 Å². The molecule has 0 fully saturated rings. The molecule has 0 aliphatic carbocycles. The van der Waals surface area contributed by atoms with Gasteiger partial charge in [0.1, 0.15) is 0 Å². The standard InChI is InChI=1S/C12H12ClN3O2S/c1-16(7-8-5-3-4-6-14-8)12-15-10(13)9(19-12)11(17)18-2/h3-6H,7H2,1-2H3. The zero-order valence-electron chi connectivity index (χ0n) is 10.5. The molecule has 100 valence electrons. The van der Waals surface area contributed by atoms with Crippen molar-refractivity contribution in [3.05, 3.63) is 40.1 Å². The molecular weight excluding hydrogens is 286 g/mol. The molecule has 2 aromatic rings. The average Bonchev–Trinajstić information content (AvgIpc) is 2.81. The van der Waals surface area contributed by atoms with E-state index in [0.717, 1.165) is 5.69 Å². The lowest BCUT2D eigenvalue weighted by molar-refractivity contribution is 0.0606. The number of aromatic nitrogens is 2. The van der Waals surface area contributed by atoms with Crippen LogP contribution in [0.2, 0.25) is 5.15 Å². The van der Waals surface area contributed by atoms with Crippen LogP contribution < -0.4 is 4.90 Å². The number of rotatable bonds is 4. The zero-order valence-corrected chi connectivity index (χ0v) is 12.0. The SMILES string of the molecule is COC(=O)c1sc(N(C)Cc2ccccn2)nc1Cl. The Balaban J connectivity index is 2.16. The topological polar surface area (TPSA) is 55.3 Å². The molecule has 19 heavy (non-hydrogen) atoms. The summed E-state index contributed by atoms with van der Waals surface area (Å²) in [6.07, 6.45) is 1.73. The van der Waals surface area contributed by atoms with Gasteiger partial charge in [-0.1, -0.05) is 29.0 Å². The Bertz CT molecular complexity index is 574. The number of halogens is 1. The molecule has 2 rings (SSSR count). The second-order valence-electron chi connectivity index (χ2n) is 3.79. The number of thiazole rings is 1. The molecular formula is C12H12ClN3O2S. The molecule has 0 saturated heterocycles. The Morgan fingerprint density at radius 3 is 2.95 bits per heavy atom. The number of ether oxygens (including phenoxy) is 1. The highest BCUT2D eigenvalue weighted by atomic mass is 35.5. The van der Waals surface area contributed by atoms with Crippen LogP contribution in [-0.4, -0.2) is 30.1 Å². The third-order valence-corrected chi connectivity index (χ3v) is 3.93. The minimum absolute atomic E-state index is 0.166. The van der Waals surface area contributed by atoms with E-state index in [0.29, 0.717) is 16.6 Å². The van der Waals surface area contributed by atoms with Crippen LogP contribution in [0.1, 0.15) is 15.4 Å². The van der Waals surface area contributed by atoms with E-state index in [1.165, 1.54) is 18.4 Å². The van der Waals surface area contributed by atoms with E-state index in [2.05, 4.69) is 14.7 Å². The number of carbonyl (C=O) groups is 1. The summed E-state index contributed by atoms with van der Waals surface area (Å²) in [7, 11) is 3.18. The second kappa shape index (κ2) is 5.99. The van der Waals surface area contributed by atoms with E-state index < -0.39 is 5.97 Å². The van der Waals surface area contributed by atoms with Crippen molar-refractivity contribution in [1.82, 2.24) is 9.97 Å². The maximum Gasteiger partial charge on any atom is 0.351 e. The number of anilines is 1. The molecule has 5 nitrogen and oxygen atoms in total. The molecule has 0 aromatic carbocycles. The monoisotopic (exact) mass is 297 g/mol. The molecule has 2 aromatic heterocycles. The van der Waals surface area contributed by atoms with Crippen LogP contribution in [0.5, 0.6) is 0 Å². The second-order valence-corrected chi connectivity index (χ2v) is 5.12. The molecule has 0 atom stereocenters. The smallest absolute Gasteiger partial charge is 0.351 e. The Hall–Kier alpha value is -1.66. The third-order valence-electron chi connectivity index (χ3n) is 2.40. The Labute approximate surface area is 119 Å². The number of methoxy groups -OCH3 is 1. The summed E-state index contributed by atoms with van der Waals surface area (Å²) < 4.78 is 4.64. The summed E-state index contributed by atoms with van der Waals surface area (Å²) in [6, 6.07) is 5.71. The van der Waals surface area contributed by atoms with Gasteiger partial charge in [-0.15, -0.1) is 0 Å². The molecule has 0 saturated carbocycles. The molecule has 0 N–H and O–H groups in total. The first-order valence-electron chi connectivity index (χ1n) is 5.47. The van der Waals surface area contributed by atoms with E-state index in [4.69, 9.17) is 11.6 Å². The number of nitrogens with zero attached hydrogens (tertiary/aromatic N) is 3. The zero-order chi connectivity index (χ0) is 13.8. The fourth-order valence-electron chi connectivity index (χ4n) is 1.48. The fraction of sp³-hybridized carbons (Fsp3) is 0.250. The summed E-state index contributed by atoms with van der Waals surface area (Å²) in [5, 5.41) is 0.816. The summed E-state index contributed by atoms with van der Waals surface area (Å²) in [5.41, 5.74) is 0.913. The van der Waals surface area contributed by atoms with Crippen LogP contribution in [0.25, 0.3) is 0 Å². The van der Waals surface area contributed by atoms with Gasteiger partial charge in [-0.3, -0.25) is 4.98 Å². The maximum atomic E-state index is 11.5. The average molecular weight is 298 g/mol. The lowest BCUT2D eigenvalue weighted by atomic mass is 10.3. The normalized spacial score (nSPS) is 10.3. The summed E-state index contributed by atoms with van der Waals surface area (Å²) in [5.74, 6) is -0.472. The van der Waals surface area contributed by atoms with Gasteiger partial charge in [0, 0.05) is 13.2 Å². The largest absolute Gasteiger partial charge is 0.465 e. The minimum Gasteiger partial charge on any atom is -0.465 e. The lowest BCUT2D eigenvalue weighted by Gasteiger charge is -2.14. The van der Waals surface area contributed by atoms with Crippen LogP contribution in [0.4, 0.5) is 5.13 Å². The number of hydrogen-bond donors (Lipinski definition) is 0. The molecule has 7 heteroatoms.